The van der Waals surface area contributed by atoms with Crippen LogP contribution in [-0.4, -0.2) is 30.8 Å². The highest BCUT2D eigenvalue weighted by Gasteiger charge is 2.14. The molecule has 130 valence electrons. The van der Waals surface area contributed by atoms with Crippen LogP contribution in [0.2, 0.25) is 0 Å². The predicted molar refractivity (Wildman–Crippen MR) is 103 cm³/mol. The van der Waals surface area contributed by atoms with E-state index in [-0.39, 0.29) is 0 Å². The molecule has 0 saturated heterocycles. The van der Waals surface area contributed by atoms with Crippen LogP contribution in [0, 0.1) is 0 Å². The lowest BCUT2D eigenvalue weighted by molar-refractivity contribution is 0.235. The van der Waals surface area contributed by atoms with Gasteiger partial charge < -0.3 is 4.74 Å². The Morgan fingerprint density at radius 1 is 0.960 bits per heavy atom. The summed E-state index contributed by atoms with van der Waals surface area (Å²) in [5.41, 5.74) is 5.44. The van der Waals surface area contributed by atoms with Crippen LogP contribution in [0.1, 0.15) is 36.0 Å². The summed E-state index contributed by atoms with van der Waals surface area (Å²) in [4.78, 5) is 7.03. The Bertz CT molecular complexity index is 753. The van der Waals surface area contributed by atoms with Crippen LogP contribution >= 0.6 is 0 Å². The van der Waals surface area contributed by atoms with E-state index in [1.807, 2.05) is 6.21 Å². The molecule has 0 aromatic heterocycles. The van der Waals surface area contributed by atoms with Crippen LogP contribution in [0.15, 0.2) is 47.5 Å². The van der Waals surface area contributed by atoms with E-state index in [1.54, 1.807) is 0 Å². The molecule has 0 bridgehead atoms. The van der Waals surface area contributed by atoms with E-state index in [0.29, 0.717) is 0 Å². The first-order chi connectivity index (χ1) is 12.4. The average Bonchev–Trinajstić information content (AvgIpc) is 2.67. The summed E-state index contributed by atoms with van der Waals surface area (Å²) in [7, 11) is 0. The minimum absolute atomic E-state index is 0.785. The first-order valence-corrected chi connectivity index (χ1v) is 9.46. The fraction of sp³-hybridized carbons (Fsp3) is 0.409. The first-order valence-electron chi connectivity index (χ1n) is 9.46. The Labute approximate surface area is 150 Å². The lowest BCUT2D eigenvalue weighted by atomic mass is 10.00. The lowest BCUT2D eigenvalue weighted by Crippen LogP contribution is -2.31. The molecule has 2 aliphatic heterocycles. The van der Waals surface area contributed by atoms with Gasteiger partial charge in [0.15, 0.2) is 0 Å². The van der Waals surface area contributed by atoms with Crippen molar-refractivity contribution in [3.63, 3.8) is 0 Å². The van der Waals surface area contributed by atoms with Crippen LogP contribution in [0.4, 0.5) is 5.69 Å². The highest BCUT2D eigenvalue weighted by atomic mass is 16.5. The highest BCUT2D eigenvalue weighted by Crippen LogP contribution is 2.28. The van der Waals surface area contributed by atoms with E-state index in [4.69, 9.17) is 4.74 Å². The number of ether oxygens (including phenoxy) is 1. The first kappa shape index (κ1) is 16.3. The quantitative estimate of drug-likeness (QED) is 0.724. The number of nitrogens with zero attached hydrogens (tertiary/aromatic N) is 2. The molecule has 0 unspecified atom stereocenters. The second kappa shape index (κ2) is 7.83. The monoisotopic (exact) mass is 334 g/mol. The van der Waals surface area contributed by atoms with Gasteiger partial charge in [-0.25, -0.2) is 0 Å². The zero-order valence-electron chi connectivity index (χ0n) is 14.8. The third-order valence-corrected chi connectivity index (χ3v) is 5.18. The fourth-order valence-corrected chi connectivity index (χ4v) is 3.72. The van der Waals surface area contributed by atoms with E-state index in [9.17, 15) is 0 Å². The molecule has 0 fully saturated rings. The van der Waals surface area contributed by atoms with Crippen molar-refractivity contribution in [2.75, 3.05) is 19.7 Å². The van der Waals surface area contributed by atoms with Crippen molar-refractivity contribution in [2.45, 2.75) is 38.6 Å². The zero-order valence-corrected chi connectivity index (χ0v) is 14.8. The second-order valence-electron chi connectivity index (χ2n) is 6.99. The van der Waals surface area contributed by atoms with Gasteiger partial charge in [0.05, 0.1) is 12.3 Å². The second-order valence-corrected chi connectivity index (χ2v) is 6.99. The number of aryl methyl sites for hydroxylation is 1. The summed E-state index contributed by atoms with van der Waals surface area (Å²) < 4.78 is 5.93. The van der Waals surface area contributed by atoms with Crippen LogP contribution in [-0.2, 0) is 19.4 Å². The van der Waals surface area contributed by atoms with Gasteiger partial charge in [0, 0.05) is 25.4 Å². The van der Waals surface area contributed by atoms with Gasteiger partial charge in [-0.2, -0.15) is 0 Å². The molecule has 0 atom stereocenters. The molecule has 2 aromatic rings. The number of fused-ring (bicyclic) bond motifs is 2. The summed E-state index contributed by atoms with van der Waals surface area (Å²) in [5, 5.41) is 0. The molecule has 0 radical (unpaired) electrons. The summed E-state index contributed by atoms with van der Waals surface area (Å²) in [6.45, 7) is 4.22. The molecule has 0 spiro atoms. The Morgan fingerprint density at radius 3 is 2.84 bits per heavy atom. The number of benzene rings is 2. The summed E-state index contributed by atoms with van der Waals surface area (Å²) in [5.74, 6) is 0.949. The molecule has 2 heterocycles. The Hall–Kier alpha value is -2.13. The molecular formula is C22H26N2O. The molecular weight excluding hydrogens is 308 g/mol. The van der Waals surface area contributed by atoms with Crippen LogP contribution < -0.4 is 4.74 Å². The smallest absolute Gasteiger partial charge is 0.121 e. The van der Waals surface area contributed by atoms with Crippen molar-refractivity contribution in [1.82, 2.24) is 4.90 Å². The van der Waals surface area contributed by atoms with E-state index in [2.05, 4.69) is 52.4 Å². The van der Waals surface area contributed by atoms with E-state index < -0.39 is 0 Å². The Kier molecular flexibility index (Phi) is 5.12. The van der Waals surface area contributed by atoms with Crippen molar-refractivity contribution in [3.05, 3.63) is 59.2 Å². The topological polar surface area (TPSA) is 24.8 Å². The number of hydrogen-bond donors (Lipinski definition) is 0. The van der Waals surface area contributed by atoms with E-state index >= 15 is 0 Å². The molecule has 0 amide bonds. The highest BCUT2D eigenvalue weighted by molar-refractivity contribution is 5.69. The molecule has 3 heteroatoms. The molecule has 0 N–H and O–H groups in total. The van der Waals surface area contributed by atoms with Crippen LogP contribution in [0.3, 0.4) is 0 Å². The maximum absolute atomic E-state index is 5.93. The minimum Gasteiger partial charge on any atom is -0.494 e. The Morgan fingerprint density at radius 2 is 1.88 bits per heavy atom. The molecule has 2 aromatic carbocycles. The third kappa shape index (κ3) is 4.10. The van der Waals surface area contributed by atoms with E-state index in [0.717, 1.165) is 50.4 Å². The number of aliphatic imine (C=N–C) groups is 1. The van der Waals surface area contributed by atoms with Crippen molar-refractivity contribution >= 4 is 11.9 Å². The lowest BCUT2D eigenvalue weighted by Gasteiger charge is -2.28. The minimum atomic E-state index is 0.785. The van der Waals surface area contributed by atoms with Gasteiger partial charge in [-0.1, -0.05) is 30.3 Å². The molecule has 3 nitrogen and oxygen atoms in total. The number of hydrogen-bond acceptors (Lipinski definition) is 3. The fourth-order valence-electron chi connectivity index (χ4n) is 3.72. The summed E-state index contributed by atoms with van der Waals surface area (Å²) in [6, 6.07) is 15.2. The number of unbranched alkanes of at least 4 members (excludes halogenated alkanes) is 1. The van der Waals surface area contributed by atoms with Gasteiger partial charge in [0.1, 0.15) is 5.75 Å². The Balaban J connectivity index is 1.19. The third-order valence-electron chi connectivity index (χ3n) is 5.18. The molecule has 2 aliphatic rings. The average molecular weight is 334 g/mol. The summed E-state index contributed by atoms with van der Waals surface area (Å²) >= 11 is 0. The van der Waals surface area contributed by atoms with Crippen molar-refractivity contribution < 1.29 is 4.74 Å². The van der Waals surface area contributed by atoms with Gasteiger partial charge in [-0.05, 0) is 61.4 Å². The van der Waals surface area contributed by atoms with Crippen molar-refractivity contribution in [2.24, 2.45) is 4.99 Å². The van der Waals surface area contributed by atoms with Gasteiger partial charge in [0.25, 0.3) is 0 Å². The normalized spacial score (nSPS) is 16.3. The SMILES string of the molecule is C1=Nc2cc(OCCCCN3CCc4ccccc4C3)ccc2CC1. The molecule has 25 heavy (non-hydrogen) atoms. The van der Waals surface area contributed by atoms with Crippen molar-refractivity contribution in [3.8, 4) is 5.75 Å². The van der Waals surface area contributed by atoms with Crippen molar-refractivity contribution in [1.29, 1.82) is 0 Å². The standard InChI is InChI=1S/C22H26N2O/c1-2-7-20-17-24(14-11-18(20)6-1)13-3-4-15-25-21-10-9-19-8-5-12-23-22(19)16-21/h1-2,6-7,9-10,12,16H,3-5,8,11,13-15,17H2. The largest absolute Gasteiger partial charge is 0.494 e. The zero-order chi connectivity index (χ0) is 16.9. The van der Waals surface area contributed by atoms with Gasteiger partial charge in [0.2, 0.25) is 0 Å². The summed E-state index contributed by atoms with van der Waals surface area (Å²) in [6.07, 6.45) is 7.61. The molecule has 4 rings (SSSR count). The van der Waals surface area contributed by atoms with Gasteiger partial charge in [-0.15, -0.1) is 0 Å². The van der Waals surface area contributed by atoms with Gasteiger partial charge in [-0.3, -0.25) is 9.89 Å². The van der Waals surface area contributed by atoms with Crippen LogP contribution in [0.5, 0.6) is 5.75 Å². The molecule has 0 aliphatic carbocycles. The number of rotatable bonds is 6. The maximum Gasteiger partial charge on any atom is 0.121 e. The van der Waals surface area contributed by atoms with Gasteiger partial charge >= 0.3 is 0 Å². The molecule has 0 saturated carbocycles. The predicted octanol–water partition coefficient (Wildman–Crippen LogP) is 4.55. The van der Waals surface area contributed by atoms with Crippen LogP contribution in [0.25, 0.3) is 0 Å². The maximum atomic E-state index is 5.93. The van der Waals surface area contributed by atoms with E-state index in [1.165, 1.54) is 36.1 Å².